The average Bonchev–Trinajstić information content (AvgIpc) is 3.29. The molecule has 0 bridgehead atoms. The Morgan fingerprint density at radius 3 is 2.62 bits per heavy atom. The van der Waals surface area contributed by atoms with E-state index in [9.17, 15) is 8.42 Å². The lowest BCUT2D eigenvalue weighted by Gasteiger charge is -2.35. The fourth-order valence-corrected chi connectivity index (χ4v) is 4.88. The van der Waals surface area contributed by atoms with E-state index in [0.29, 0.717) is 18.0 Å². The second-order valence-corrected chi connectivity index (χ2v) is 9.45. The summed E-state index contributed by atoms with van der Waals surface area (Å²) in [6, 6.07) is 7.01. The molecular formula is C19H25N3O3S. The van der Waals surface area contributed by atoms with Crippen LogP contribution in [-0.2, 0) is 21.3 Å². The quantitative estimate of drug-likeness (QED) is 0.806. The third kappa shape index (κ3) is 3.70. The van der Waals surface area contributed by atoms with Crippen LogP contribution in [0.25, 0.3) is 0 Å². The van der Waals surface area contributed by atoms with E-state index in [0.717, 1.165) is 23.6 Å². The van der Waals surface area contributed by atoms with Gasteiger partial charge in [0.25, 0.3) is 0 Å². The molecule has 1 saturated carbocycles. The lowest BCUT2D eigenvalue weighted by atomic mass is 10.1. The highest BCUT2D eigenvalue weighted by atomic mass is 32.2. The van der Waals surface area contributed by atoms with E-state index in [-0.39, 0.29) is 12.2 Å². The molecule has 7 heteroatoms. The third-order valence-corrected chi connectivity index (χ3v) is 6.90. The van der Waals surface area contributed by atoms with Crippen LogP contribution in [0.5, 0.6) is 0 Å². The molecule has 1 aromatic heterocycles. The van der Waals surface area contributed by atoms with Crippen LogP contribution in [-0.4, -0.2) is 41.7 Å². The van der Waals surface area contributed by atoms with E-state index in [2.05, 4.69) is 5.10 Å². The predicted molar refractivity (Wildman–Crippen MR) is 98.2 cm³/mol. The summed E-state index contributed by atoms with van der Waals surface area (Å²) in [5, 5.41) is 4.42. The fourth-order valence-electron chi connectivity index (χ4n) is 3.36. The molecule has 1 saturated heterocycles. The molecule has 0 radical (unpaired) electrons. The number of sulfonamides is 1. The Balaban J connectivity index is 1.54. The van der Waals surface area contributed by atoms with Gasteiger partial charge in [0.2, 0.25) is 10.0 Å². The molecular weight excluding hydrogens is 350 g/mol. The predicted octanol–water partition coefficient (Wildman–Crippen LogP) is 2.75. The summed E-state index contributed by atoms with van der Waals surface area (Å²) in [5.41, 5.74) is 1.99. The van der Waals surface area contributed by atoms with E-state index in [1.165, 1.54) is 17.1 Å². The minimum absolute atomic E-state index is 0.166. The molecule has 1 aromatic carbocycles. The molecule has 0 N–H and O–H groups in total. The standard InChI is InChI=1S/C19H25N3O3S/c1-14-3-7-18(8-4-14)26(23,24)22-10-15(2)25-19(13-22)17-9-20-21(12-17)11-16-5-6-16/h3-4,7-9,12,15-16,19H,5-6,10-11,13H2,1-2H3/t15-,19-/m1/s1. The minimum Gasteiger partial charge on any atom is -0.368 e. The maximum atomic E-state index is 13.0. The summed E-state index contributed by atoms with van der Waals surface area (Å²) in [4.78, 5) is 0.334. The molecule has 140 valence electrons. The van der Waals surface area contributed by atoms with Crippen molar-refractivity contribution in [3.05, 3.63) is 47.8 Å². The van der Waals surface area contributed by atoms with Crippen LogP contribution in [0.3, 0.4) is 0 Å². The number of benzene rings is 1. The van der Waals surface area contributed by atoms with Crippen LogP contribution < -0.4 is 0 Å². The zero-order valence-corrected chi connectivity index (χ0v) is 16.0. The second-order valence-electron chi connectivity index (χ2n) is 7.51. The van der Waals surface area contributed by atoms with E-state index in [4.69, 9.17) is 4.74 Å². The summed E-state index contributed by atoms with van der Waals surface area (Å²) in [5.74, 6) is 0.743. The van der Waals surface area contributed by atoms with Crippen molar-refractivity contribution in [3.8, 4) is 0 Å². The van der Waals surface area contributed by atoms with Gasteiger partial charge < -0.3 is 4.74 Å². The Morgan fingerprint density at radius 2 is 1.92 bits per heavy atom. The molecule has 2 atom stereocenters. The number of morpholine rings is 1. The monoisotopic (exact) mass is 375 g/mol. The first-order valence-corrected chi connectivity index (χ1v) is 10.6. The first kappa shape index (κ1) is 17.7. The van der Waals surface area contributed by atoms with Crippen molar-refractivity contribution >= 4 is 10.0 Å². The van der Waals surface area contributed by atoms with Gasteiger partial charge in [0.15, 0.2) is 0 Å². The number of nitrogens with zero attached hydrogens (tertiary/aromatic N) is 3. The number of hydrogen-bond acceptors (Lipinski definition) is 4. The Labute approximate surface area is 154 Å². The Hall–Kier alpha value is -1.70. The fraction of sp³-hybridized carbons (Fsp3) is 0.526. The number of aromatic nitrogens is 2. The Morgan fingerprint density at radius 1 is 1.19 bits per heavy atom. The second kappa shape index (κ2) is 6.79. The Bertz CT molecular complexity index is 872. The van der Waals surface area contributed by atoms with Crippen molar-refractivity contribution in [3.63, 3.8) is 0 Å². The van der Waals surface area contributed by atoms with Crippen LogP contribution in [0.4, 0.5) is 0 Å². The first-order chi connectivity index (χ1) is 12.4. The van der Waals surface area contributed by atoms with Crippen LogP contribution in [0.2, 0.25) is 0 Å². The van der Waals surface area contributed by atoms with Crippen molar-refractivity contribution < 1.29 is 13.2 Å². The van der Waals surface area contributed by atoms with Gasteiger partial charge >= 0.3 is 0 Å². The highest BCUT2D eigenvalue weighted by Crippen LogP contribution is 2.32. The van der Waals surface area contributed by atoms with E-state index in [1.54, 1.807) is 12.1 Å². The van der Waals surface area contributed by atoms with Gasteiger partial charge in [-0.3, -0.25) is 4.68 Å². The molecule has 2 aliphatic rings. The van der Waals surface area contributed by atoms with Crippen molar-refractivity contribution in [1.29, 1.82) is 0 Å². The molecule has 2 aromatic rings. The summed E-state index contributed by atoms with van der Waals surface area (Å²) < 4.78 is 35.6. The average molecular weight is 375 g/mol. The number of hydrogen-bond donors (Lipinski definition) is 0. The van der Waals surface area contributed by atoms with Gasteiger partial charge in [-0.25, -0.2) is 8.42 Å². The summed E-state index contributed by atoms with van der Waals surface area (Å²) in [6.45, 7) is 5.48. The Kier molecular flexibility index (Phi) is 4.62. The molecule has 0 spiro atoms. The molecule has 2 fully saturated rings. The summed E-state index contributed by atoms with van der Waals surface area (Å²) in [6.07, 6.45) is 5.90. The smallest absolute Gasteiger partial charge is 0.243 e. The van der Waals surface area contributed by atoms with Gasteiger partial charge in [-0.15, -0.1) is 0 Å². The highest BCUT2D eigenvalue weighted by Gasteiger charge is 2.35. The molecule has 0 amide bonds. The van der Waals surface area contributed by atoms with Gasteiger partial charge in [0, 0.05) is 31.4 Å². The van der Waals surface area contributed by atoms with E-state index >= 15 is 0 Å². The maximum absolute atomic E-state index is 13.0. The lowest BCUT2D eigenvalue weighted by Crippen LogP contribution is -2.45. The number of ether oxygens (including phenoxy) is 1. The third-order valence-electron chi connectivity index (χ3n) is 5.05. The number of aryl methyl sites for hydroxylation is 1. The maximum Gasteiger partial charge on any atom is 0.243 e. The van der Waals surface area contributed by atoms with Gasteiger partial charge in [-0.1, -0.05) is 17.7 Å². The molecule has 26 heavy (non-hydrogen) atoms. The van der Waals surface area contributed by atoms with Crippen LogP contribution in [0.1, 0.15) is 37.0 Å². The summed E-state index contributed by atoms with van der Waals surface area (Å²) in [7, 11) is -3.53. The normalized spacial score (nSPS) is 24.7. The van der Waals surface area contributed by atoms with Gasteiger partial charge in [0.1, 0.15) is 0 Å². The number of rotatable bonds is 5. The highest BCUT2D eigenvalue weighted by molar-refractivity contribution is 7.89. The first-order valence-electron chi connectivity index (χ1n) is 9.16. The molecule has 1 aliphatic heterocycles. The van der Waals surface area contributed by atoms with Crippen LogP contribution in [0.15, 0.2) is 41.6 Å². The van der Waals surface area contributed by atoms with E-state index < -0.39 is 10.0 Å². The molecule has 4 rings (SSSR count). The van der Waals surface area contributed by atoms with Crippen molar-refractivity contribution in [2.24, 2.45) is 5.92 Å². The van der Waals surface area contributed by atoms with Crippen LogP contribution in [0, 0.1) is 12.8 Å². The molecule has 6 nitrogen and oxygen atoms in total. The molecule has 2 heterocycles. The minimum atomic E-state index is -3.53. The van der Waals surface area contributed by atoms with Gasteiger partial charge in [-0.05, 0) is 44.7 Å². The van der Waals surface area contributed by atoms with Crippen molar-refractivity contribution in [1.82, 2.24) is 14.1 Å². The van der Waals surface area contributed by atoms with Gasteiger partial charge in [0.05, 0.1) is 23.3 Å². The zero-order valence-electron chi connectivity index (χ0n) is 15.2. The van der Waals surface area contributed by atoms with Crippen molar-refractivity contribution in [2.75, 3.05) is 13.1 Å². The van der Waals surface area contributed by atoms with E-state index in [1.807, 2.05) is 43.1 Å². The lowest BCUT2D eigenvalue weighted by molar-refractivity contribution is -0.0557. The van der Waals surface area contributed by atoms with Gasteiger partial charge in [-0.2, -0.15) is 9.40 Å². The molecule has 1 aliphatic carbocycles. The van der Waals surface area contributed by atoms with Crippen LogP contribution >= 0.6 is 0 Å². The summed E-state index contributed by atoms with van der Waals surface area (Å²) >= 11 is 0. The SMILES string of the molecule is Cc1ccc(S(=O)(=O)N2C[C@@H](C)O[C@@H](c3cnn(CC4CC4)c3)C2)cc1. The topological polar surface area (TPSA) is 64.4 Å². The zero-order chi connectivity index (χ0) is 18.3. The molecule has 0 unspecified atom stereocenters. The van der Waals surface area contributed by atoms with Crippen molar-refractivity contribution in [2.45, 2.75) is 50.3 Å². The largest absolute Gasteiger partial charge is 0.368 e.